The van der Waals surface area contributed by atoms with E-state index in [2.05, 4.69) is 24.1 Å². The minimum absolute atomic E-state index is 0.111. The van der Waals surface area contributed by atoms with E-state index in [4.69, 9.17) is 10.5 Å². The highest BCUT2D eigenvalue weighted by atomic mass is 19.1. The average Bonchev–Trinajstić information content (AvgIpc) is 2.64. The van der Waals surface area contributed by atoms with Crippen LogP contribution in [0.15, 0.2) is 36.5 Å². The van der Waals surface area contributed by atoms with Crippen LogP contribution < -0.4 is 15.8 Å². The summed E-state index contributed by atoms with van der Waals surface area (Å²) in [5.74, 6) is 0.126. The van der Waals surface area contributed by atoms with Crippen molar-refractivity contribution in [1.82, 2.24) is 10.3 Å². The molecule has 2 aromatic rings. The third-order valence-corrected chi connectivity index (χ3v) is 4.43. The Labute approximate surface area is 153 Å². The summed E-state index contributed by atoms with van der Waals surface area (Å²) in [6.45, 7) is 5.95. The summed E-state index contributed by atoms with van der Waals surface area (Å²) >= 11 is 0. The van der Waals surface area contributed by atoms with Crippen molar-refractivity contribution >= 4 is 5.91 Å². The van der Waals surface area contributed by atoms with Gasteiger partial charge in [-0.1, -0.05) is 32.8 Å². The van der Waals surface area contributed by atoms with Crippen molar-refractivity contribution in [2.24, 2.45) is 11.7 Å². The second-order valence-corrected chi connectivity index (χ2v) is 6.26. The zero-order valence-corrected chi connectivity index (χ0v) is 15.3. The molecule has 0 aliphatic heterocycles. The minimum Gasteiger partial charge on any atom is -0.453 e. The molecule has 1 aromatic carbocycles. The maximum absolute atomic E-state index is 14.2. The van der Waals surface area contributed by atoms with Crippen molar-refractivity contribution < 1.29 is 13.9 Å². The number of pyridine rings is 1. The molecule has 0 aliphatic rings. The Kier molecular flexibility index (Phi) is 7.53. The molecule has 6 heteroatoms. The first kappa shape index (κ1) is 19.8. The fourth-order valence-electron chi connectivity index (χ4n) is 2.69. The monoisotopic (exact) mass is 359 g/mol. The fraction of sp³-hybridized carbons (Fsp3) is 0.400. The number of nitrogens with one attached hydrogen (secondary N) is 1. The van der Waals surface area contributed by atoms with Gasteiger partial charge in [0.2, 0.25) is 0 Å². The Hall–Kier alpha value is -2.47. The lowest BCUT2D eigenvalue weighted by Gasteiger charge is -2.13. The number of amides is 1. The van der Waals surface area contributed by atoms with Crippen LogP contribution in [0.4, 0.5) is 4.39 Å². The molecule has 1 aromatic heterocycles. The Morgan fingerprint density at radius 1 is 1.27 bits per heavy atom. The van der Waals surface area contributed by atoms with Gasteiger partial charge in [0.05, 0.1) is 6.20 Å². The first-order valence-electron chi connectivity index (χ1n) is 8.96. The summed E-state index contributed by atoms with van der Waals surface area (Å²) in [6, 6.07) is 7.85. The SMILES string of the molecule is CCC(CC)CCNCc1ccc(Oc2ccc(C(N)=O)nc2)c(F)c1. The maximum Gasteiger partial charge on any atom is 0.267 e. The lowest BCUT2D eigenvalue weighted by Crippen LogP contribution is -2.17. The van der Waals surface area contributed by atoms with Gasteiger partial charge in [-0.2, -0.15) is 0 Å². The van der Waals surface area contributed by atoms with Crippen LogP contribution in [0.25, 0.3) is 0 Å². The van der Waals surface area contributed by atoms with Gasteiger partial charge in [-0.05, 0) is 48.7 Å². The normalized spacial score (nSPS) is 10.9. The molecule has 0 radical (unpaired) electrons. The number of nitrogens with zero attached hydrogens (tertiary/aromatic N) is 1. The largest absolute Gasteiger partial charge is 0.453 e. The Morgan fingerprint density at radius 3 is 2.62 bits per heavy atom. The number of hydrogen-bond acceptors (Lipinski definition) is 4. The van der Waals surface area contributed by atoms with E-state index in [1.54, 1.807) is 6.07 Å². The molecule has 5 nitrogen and oxygen atoms in total. The van der Waals surface area contributed by atoms with Gasteiger partial charge in [0, 0.05) is 6.54 Å². The highest BCUT2D eigenvalue weighted by Gasteiger charge is 2.08. The van der Waals surface area contributed by atoms with Gasteiger partial charge < -0.3 is 15.8 Å². The van der Waals surface area contributed by atoms with Crippen LogP contribution in [0.1, 0.15) is 49.2 Å². The summed E-state index contributed by atoms with van der Waals surface area (Å²) in [4.78, 5) is 14.9. The van der Waals surface area contributed by atoms with Crippen molar-refractivity contribution in [2.45, 2.75) is 39.7 Å². The zero-order valence-electron chi connectivity index (χ0n) is 15.3. The highest BCUT2D eigenvalue weighted by Crippen LogP contribution is 2.24. The van der Waals surface area contributed by atoms with Crippen LogP contribution in [0.3, 0.4) is 0 Å². The topological polar surface area (TPSA) is 77.2 Å². The van der Waals surface area contributed by atoms with Crippen molar-refractivity contribution in [3.8, 4) is 11.5 Å². The number of ether oxygens (including phenoxy) is 1. The predicted molar refractivity (Wildman–Crippen MR) is 99.6 cm³/mol. The average molecular weight is 359 g/mol. The second kappa shape index (κ2) is 9.87. The molecule has 1 heterocycles. The van der Waals surface area contributed by atoms with Crippen LogP contribution >= 0.6 is 0 Å². The molecule has 0 unspecified atom stereocenters. The van der Waals surface area contributed by atoms with E-state index in [1.165, 1.54) is 37.2 Å². The summed E-state index contributed by atoms with van der Waals surface area (Å²) in [5, 5.41) is 3.35. The second-order valence-electron chi connectivity index (χ2n) is 6.26. The number of benzene rings is 1. The summed E-state index contributed by atoms with van der Waals surface area (Å²) < 4.78 is 19.7. The molecule has 140 valence electrons. The smallest absolute Gasteiger partial charge is 0.267 e. The first-order valence-corrected chi connectivity index (χ1v) is 8.96. The van der Waals surface area contributed by atoms with Gasteiger partial charge in [0.15, 0.2) is 11.6 Å². The molecule has 0 bridgehead atoms. The number of halogens is 1. The van der Waals surface area contributed by atoms with Crippen LogP contribution in [0.5, 0.6) is 11.5 Å². The molecule has 0 saturated heterocycles. The number of carbonyl (C=O) groups is 1. The van der Waals surface area contributed by atoms with E-state index < -0.39 is 11.7 Å². The fourth-order valence-corrected chi connectivity index (χ4v) is 2.69. The van der Waals surface area contributed by atoms with E-state index in [1.807, 2.05) is 6.07 Å². The third-order valence-electron chi connectivity index (χ3n) is 4.43. The van der Waals surface area contributed by atoms with Gasteiger partial charge in [0.1, 0.15) is 11.4 Å². The maximum atomic E-state index is 14.2. The lowest BCUT2D eigenvalue weighted by atomic mass is 10.00. The van der Waals surface area contributed by atoms with Gasteiger partial charge in [-0.25, -0.2) is 9.37 Å². The minimum atomic E-state index is -0.622. The van der Waals surface area contributed by atoms with Crippen LogP contribution in [-0.4, -0.2) is 17.4 Å². The molecule has 0 saturated carbocycles. The van der Waals surface area contributed by atoms with E-state index in [0.29, 0.717) is 12.3 Å². The van der Waals surface area contributed by atoms with Crippen molar-refractivity contribution in [2.75, 3.05) is 6.54 Å². The van der Waals surface area contributed by atoms with Gasteiger partial charge in [-0.15, -0.1) is 0 Å². The Morgan fingerprint density at radius 2 is 2.04 bits per heavy atom. The van der Waals surface area contributed by atoms with E-state index in [-0.39, 0.29) is 11.4 Å². The van der Waals surface area contributed by atoms with Crippen molar-refractivity contribution in [1.29, 1.82) is 0 Å². The van der Waals surface area contributed by atoms with E-state index in [0.717, 1.165) is 24.4 Å². The molecule has 26 heavy (non-hydrogen) atoms. The summed E-state index contributed by atoms with van der Waals surface area (Å²) in [5.41, 5.74) is 6.13. The number of rotatable bonds is 10. The van der Waals surface area contributed by atoms with E-state index >= 15 is 0 Å². The molecular weight excluding hydrogens is 333 g/mol. The standard InChI is InChI=1S/C20H26FN3O2/c1-3-14(4-2)9-10-23-12-15-5-8-19(17(21)11-15)26-16-6-7-18(20(22)25)24-13-16/h5-8,11,13-14,23H,3-4,9-10,12H2,1-2H3,(H2,22,25). The van der Waals surface area contributed by atoms with Crippen molar-refractivity contribution in [3.05, 3.63) is 53.6 Å². The predicted octanol–water partition coefficient (Wildman–Crippen LogP) is 4.03. The number of primary amides is 1. The Bertz CT molecular complexity index is 715. The van der Waals surface area contributed by atoms with Crippen molar-refractivity contribution in [3.63, 3.8) is 0 Å². The quantitative estimate of drug-likeness (QED) is 0.628. The zero-order chi connectivity index (χ0) is 18.9. The molecule has 0 fully saturated rings. The summed E-state index contributed by atoms with van der Waals surface area (Å²) in [7, 11) is 0. The third kappa shape index (κ3) is 5.81. The lowest BCUT2D eigenvalue weighted by molar-refractivity contribution is 0.0995. The van der Waals surface area contributed by atoms with Gasteiger partial charge >= 0.3 is 0 Å². The number of nitrogens with two attached hydrogens (primary N) is 1. The molecule has 3 N–H and O–H groups in total. The summed E-state index contributed by atoms with van der Waals surface area (Å²) in [6.07, 6.45) is 4.85. The molecule has 0 atom stereocenters. The first-order chi connectivity index (χ1) is 12.5. The van der Waals surface area contributed by atoms with Crippen LogP contribution in [0, 0.1) is 11.7 Å². The van der Waals surface area contributed by atoms with Gasteiger partial charge in [0.25, 0.3) is 5.91 Å². The Balaban J connectivity index is 1.89. The molecule has 0 aliphatic carbocycles. The number of aromatic nitrogens is 1. The van der Waals surface area contributed by atoms with Gasteiger partial charge in [-0.3, -0.25) is 4.79 Å². The highest BCUT2D eigenvalue weighted by molar-refractivity contribution is 5.90. The molecule has 2 rings (SSSR count). The molecule has 0 spiro atoms. The van der Waals surface area contributed by atoms with E-state index in [9.17, 15) is 9.18 Å². The number of carbonyl (C=O) groups excluding carboxylic acids is 1. The molecule has 1 amide bonds. The van der Waals surface area contributed by atoms with Crippen LogP contribution in [0.2, 0.25) is 0 Å². The van der Waals surface area contributed by atoms with Crippen LogP contribution in [-0.2, 0) is 6.54 Å². The number of hydrogen-bond donors (Lipinski definition) is 2. The molecular formula is C20H26FN3O2.